The van der Waals surface area contributed by atoms with Gasteiger partial charge < -0.3 is 14.0 Å². The number of aryl methyl sites for hydroxylation is 1. The Morgan fingerprint density at radius 1 is 1.14 bits per heavy atom. The molecule has 0 amide bonds. The van der Waals surface area contributed by atoms with Gasteiger partial charge in [-0.25, -0.2) is 4.98 Å². The van der Waals surface area contributed by atoms with Crippen LogP contribution >= 0.6 is 0 Å². The lowest BCUT2D eigenvalue weighted by molar-refractivity contribution is -0.0821. The maximum Gasteiger partial charge on any atom is 0.135 e. The molecule has 0 bridgehead atoms. The van der Waals surface area contributed by atoms with Crippen molar-refractivity contribution in [2.75, 3.05) is 20.2 Å². The minimum Gasteiger partial charge on any atom is -0.497 e. The van der Waals surface area contributed by atoms with Crippen molar-refractivity contribution in [1.82, 2.24) is 14.5 Å². The number of fused-ring (bicyclic) bond motifs is 1. The third-order valence-corrected chi connectivity index (χ3v) is 6.18. The number of hydrogen-bond acceptors (Lipinski definition) is 4. The van der Waals surface area contributed by atoms with Gasteiger partial charge in [0.05, 0.1) is 25.5 Å². The van der Waals surface area contributed by atoms with Crippen molar-refractivity contribution in [2.45, 2.75) is 38.6 Å². The van der Waals surface area contributed by atoms with Crippen LogP contribution in [0.4, 0.5) is 0 Å². The Bertz CT molecular complexity index is 1010. The van der Waals surface area contributed by atoms with Crippen LogP contribution in [-0.4, -0.2) is 40.3 Å². The molecule has 150 valence electrons. The molecule has 2 aliphatic rings. The van der Waals surface area contributed by atoms with Crippen LogP contribution < -0.4 is 4.74 Å². The fourth-order valence-electron chi connectivity index (χ4n) is 4.55. The molecule has 2 aliphatic heterocycles. The number of nitrogens with zero attached hydrogens (tertiary/aromatic N) is 3. The molecule has 1 atom stereocenters. The second-order valence-electron chi connectivity index (χ2n) is 8.30. The Balaban J connectivity index is 1.34. The number of likely N-dealkylation sites (tertiary alicyclic amines) is 1. The Morgan fingerprint density at radius 3 is 2.83 bits per heavy atom. The van der Waals surface area contributed by atoms with E-state index in [1.807, 2.05) is 12.3 Å². The first kappa shape index (κ1) is 18.4. The summed E-state index contributed by atoms with van der Waals surface area (Å²) in [5.74, 6) is 1.94. The fraction of sp³-hybridized carbons (Fsp3) is 0.375. The highest BCUT2D eigenvalue weighted by molar-refractivity contribution is 5.60. The summed E-state index contributed by atoms with van der Waals surface area (Å²) < 4.78 is 14.1. The topological polar surface area (TPSA) is 39.5 Å². The first-order chi connectivity index (χ1) is 14.1. The fourth-order valence-corrected chi connectivity index (χ4v) is 4.55. The van der Waals surface area contributed by atoms with Crippen molar-refractivity contribution in [3.8, 4) is 17.0 Å². The molecule has 1 spiro atoms. The van der Waals surface area contributed by atoms with Crippen LogP contribution in [-0.2, 0) is 24.4 Å². The summed E-state index contributed by atoms with van der Waals surface area (Å²) in [5.41, 5.74) is 4.83. The van der Waals surface area contributed by atoms with Gasteiger partial charge in [-0.15, -0.1) is 0 Å². The molecule has 1 fully saturated rings. The number of methoxy groups -OCH3 is 1. The molecule has 5 nitrogen and oxygen atoms in total. The second kappa shape index (κ2) is 7.32. The summed E-state index contributed by atoms with van der Waals surface area (Å²) in [7, 11) is 1.72. The van der Waals surface area contributed by atoms with Crippen molar-refractivity contribution in [1.29, 1.82) is 0 Å². The van der Waals surface area contributed by atoms with Crippen molar-refractivity contribution >= 4 is 0 Å². The zero-order valence-electron chi connectivity index (χ0n) is 17.1. The molecule has 0 N–H and O–H groups in total. The molecule has 0 unspecified atom stereocenters. The van der Waals surface area contributed by atoms with Gasteiger partial charge in [0, 0.05) is 19.6 Å². The largest absolute Gasteiger partial charge is 0.497 e. The van der Waals surface area contributed by atoms with Crippen LogP contribution in [0.3, 0.4) is 0 Å². The van der Waals surface area contributed by atoms with Crippen molar-refractivity contribution in [2.24, 2.45) is 0 Å². The molecular formula is C24H27N3O2. The van der Waals surface area contributed by atoms with E-state index in [2.05, 4.69) is 63.8 Å². The molecule has 5 rings (SSSR count). The van der Waals surface area contributed by atoms with E-state index in [1.54, 1.807) is 7.11 Å². The summed E-state index contributed by atoms with van der Waals surface area (Å²) in [6.45, 7) is 6.47. The van der Waals surface area contributed by atoms with Gasteiger partial charge in [-0.3, -0.25) is 4.90 Å². The van der Waals surface area contributed by atoms with Gasteiger partial charge in [0.15, 0.2) is 0 Å². The maximum atomic E-state index is 6.38. The van der Waals surface area contributed by atoms with Gasteiger partial charge in [0.2, 0.25) is 0 Å². The summed E-state index contributed by atoms with van der Waals surface area (Å²) in [6, 6.07) is 17.0. The van der Waals surface area contributed by atoms with Crippen molar-refractivity contribution in [3.63, 3.8) is 0 Å². The lowest BCUT2D eigenvalue weighted by Gasteiger charge is -2.35. The van der Waals surface area contributed by atoms with Crippen LogP contribution in [0, 0.1) is 6.92 Å². The lowest BCUT2D eigenvalue weighted by atomic mass is 10.0. The van der Waals surface area contributed by atoms with Gasteiger partial charge in [-0.2, -0.15) is 0 Å². The van der Waals surface area contributed by atoms with Crippen LogP contribution in [0.5, 0.6) is 5.75 Å². The molecule has 0 radical (unpaired) electrons. The third-order valence-electron chi connectivity index (χ3n) is 6.18. The van der Waals surface area contributed by atoms with E-state index in [9.17, 15) is 0 Å². The molecule has 1 saturated heterocycles. The van der Waals surface area contributed by atoms with Crippen LogP contribution in [0.15, 0.2) is 54.7 Å². The standard InChI is InChI=1S/C24H27N3O2/c1-18-6-8-20(9-7-18)22-13-25-23-15-29-24(17-27(22)23)10-11-26(16-24)14-19-4-3-5-21(12-19)28-2/h3-9,12-13H,10-11,14-17H2,1-2H3/t24-/m1/s1. The molecule has 5 heteroatoms. The molecule has 1 aromatic heterocycles. The predicted molar refractivity (Wildman–Crippen MR) is 113 cm³/mol. The predicted octanol–water partition coefficient (Wildman–Crippen LogP) is 4.04. The molecule has 0 saturated carbocycles. The molecule has 29 heavy (non-hydrogen) atoms. The minimum atomic E-state index is -0.133. The van der Waals surface area contributed by atoms with Gasteiger partial charge in [0.1, 0.15) is 23.8 Å². The third kappa shape index (κ3) is 3.56. The normalized spacial score (nSPS) is 21.4. The van der Waals surface area contributed by atoms with Gasteiger partial charge in [0.25, 0.3) is 0 Å². The second-order valence-corrected chi connectivity index (χ2v) is 8.30. The average Bonchev–Trinajstić information content (AvgIpc) is 3.33. The summed E-state index contributed by atoms with van der Waals surface area (Å²) in [6.07, 6.45) is 3.03. The van der Waals surface area contributed by atoms with E-state index in [0.29, 0.717) is 6.61 Å². The van der Waals surface area contributed by atoms with Crippen LogP contribution in [0.25, 0.3) is 11.3 Å². The molecule has 2 aromatic carbocycles. The number of benzene rings is 2. The summed E-state index contributed by atoms with van der Waals surface area (Å²) >= 11 is 0. The summed E-state index contributed by atoms with van der Waals surface area (Å²) in [4.78, 5) is 7.11. The number of imidazole rings is 1. The number of rotatable bonds is 4. The molecule has 3 heterocycles. The van der Waals surface area contributed by atoms with E-state index in [-0.39, 0.29) is 5.60 Å². The Hall–Kier alpha value is -2.63. The number of hydrogen-bond donors (Lipinski definition) is 0. The minimum absolute atomic E-state index is 0.133. The first-order valence-corrected chi connectivity index (χ1v) is 10.2. The molecule has 0 aliphatic carbocycles. The quantitative estimate of drug-likeness (QED) is 0.675. The highest BCUT2D eigenvalue weighted by atomic mass is 16.5. The Morgan fingerprint density at radius 2 is 2.00 bits per heavy atom. The highest BCUT2D eigenvalue weighted by Gasteiger charge is 2.43. The van der Waals surface area contributed by atoms with E-state index >= 15 is 0 Å². The van der Waals surface area contributed by atoms with E-state index in [1.165, 1.54) is 22.4 Å². The molecular weight excluding hydrogens is 362 g/mol. The monoisotopic (exact) mass is 389 g/mol. The first-order valence-electron chi connectivity index (χ1n) is 10.2. The number of aromatic nitrogens is 2. The maximum absolute atomic E-state index is 6.38. The zero-order valence-corrected chi connectivity index (χ0v) is 17.1. The highest BCUT2D eigenvalue weighted by Crippen LogP contribution is 2.35. The lowest BCUT2D eigenvalue weighted by Crippen LogP contribution is -2.44. The Kier molecular flexibility index (Phi) is 4.64. The van der Waals surface area contributed by atoms with Gasteiger partial charge in [-0.1, -0.05) is 42.0 Å². The smallest absolute Gasteiger partial charge is 0.135 e. The molecule has 3 aromatic rings. The SMILES string of the molecule is COc1cccc(CN2CC[C@@]3(C2)Cn2c(-c4ccc(C)cc4)cnc2CO3)c1. The van der Waals surface area contributed by atoms with Gasteiger partial charge in [-0.05, 0) is 36.6 Å². The van der Waals surface area contributed by atoms with E-state index in [0.717, 1.165) is 44.2 Å². The Labute approximate surface area is 171 Å². The van der Waals surface area contributed by atoms with E-state index < -0.39 is 0 Å². The summed E-state index contributed by atoms with van der Waals surface area (Å²) in [5, 5.41) is 0. The van der Waals surface area contributed by atoms with E-state index in [4.69, 9.17) is 9.47 Å². The zero-order chi connectivity index (χ0) is 19.8. The van der Waals surface area contributed by atoms with Crippen LogP contribution in [0.1, 0.15) is 23.4 Å². The van der Waals surface area contributed by atoms with Gasteiger partial charge >= 0.3 is 0 Å². The van der Waals surface area contributed by atoms with Crippen LogP contribution in [0.2, 0.25) is 0 Å². The average molecular weight is 389 g/mol. The van der Waals surface area contributed by atoms with Crippen molar-refractivity contribution in [3.05, 3.63) is 71.7 Å². The van der Waals surface area contributed by atoms with Crippen molar-refractivity contribution < 1.29 is 9.47 Å². The number of ether oxygens (including phenoxy) is 2.